The summed E-state index contributed by atoms with van der Waals surface area (Å²) in [6.07, 6.45) is 8.27. The molecule has 7 N–H and O–H groups in total. The fourth-order valence-corrected chi connectivity index (χ4v) is 7.69. The molecular formula is C33H49N5O7S. The van der Waals surface area contributed by atoms with E-state index in [1.165, 1.54) is 26.4 Å². The number of nitrogens with one attached hydrogen (secondary N) is 3. The lowest BCUT2D eigenvalue weighted by Gasteiger charge is -2.33. The number of aliphatic hydroxyl groups is 2. The Labute approximate surface area is 271 Å². The third kappa shape index (κ3) is 9.38. The fourth-order valence-electron chi connectivity index (χ4n) is 6.17. The first-order chi connectivity index (χ1) is 21.8. The number of imidazole rings is 1. The van der Waals surface area contributed by atoms with E-state index < -0.39 is 68.3 Å². The average Bonchev–Trinajstić information content (AvgIpc) is 3.75. The van der Waals surface area contributed by atoms with Gasteiger partial charge in [0.05, 0.1) is 30.1 Å². The van der Waals surface area contributed by atoms with Crippen molar-refractivity contribution in [3.63, 3.8) is 0 Å². The van der Waals surface area contributed by atoms with Crippen molar-refractivity contribution in [2.75, 3.05) is 5.75 Å². The molecule has 0 saturated heterocycles. The Morgan fingerprint density at radius 1 is 1.00 bits per heavy atom. The highest BCUT2D eigenvalue weighted by atomic mass is 32.2. The maximum Gasteiger partial charge on any atom is 0.243 e. The van der Waals surface area contributed by atoms with E-state index in [0.717, 1.165) is 44.9 Å². The maximum atomic E-state index is 14.0. The van der Waals surface area contributed by atoms with Gasteiger partial charge < -0.3 is 31.6 Å². The Morgan fingerprint density at radius 3 is 2.26 bits per heavy atom. The van der Waals surface area contributed by atoms with Gasteiger partial charge in [0.25, 0.3) is 0 Å². The van der Waals surface area contributed by atoms with Gasteiger partial charge in [-0.3, -0.25) is 14.4 Å². The molecule has 2 aliphatic rings. The summed E-state index contributed by atoms with van der Waals surface area (Å²) in [5.74, 6) is -3.82. The van der Waals surface area contributed by atoms with Gasteiger partial charge in [0, 0.05) is 18.3 Å². The number of nitrogens with zero attached hydrogens (tertiary/aromatic N) is 1. The number of aromatic nitrogens is 2. The summed E-state index contributed by atoms with van der Waals surface area (Å²) in [6.45, 7) is 2.43. The lowest BCUT2D eigenvalue weighted by Crippen LogP contribution is -2.57. The first-order valence-electron chi connectivity index (χ1n) is 16.3. The largest absolute Gasteiger partial charge is 0.390 e. The van der Waals surface area contributed by atoms with Crippen molar-refractivity contribution in [3.05, 3.63) is 54.1 Å². The number of rotatable bonds is 17. The quantitative estimate of drug-likeness (QED) is 0.147. The molecule has 0 radical (unpaired) electrons. The predicted molar refractivity (Wildman–Crippen MR) is 173 cm³/mol. The van der Waals surface area contributed by atoms with Gasteiger partial charge in [-0.05, 0) is 56.9 Å². The van der Waals surface area contributed by atoms with Crippen molar-refractivity contribution in [2.24, 2.45) is 23.5 Å². The van der Waals surface area contributed by atoms with Gasteiger partial charge >= 0.3 is 0 Å². The van der Waals surface area contributed by atoms with Gasteiger partial charge in [0.2, 0.25) is 17.7 Å². The molecule has 12 nitrogen and oxygen atoms in total. The summed E-state index contributed by atoms with van der Waals surface area (Å²) < 4.78 is 24.8. The van der Waals surface area contributed by atoms with E-state index in [4.69, 9.17) is 5.73 Å². The van der Waals surface area contributed by atoms with Crippen LogP contribution in [0.15, 0.2) is 42.9 Å². The van der Waals surface area contributed by atoms with Gasteiger partial charge in [0.1, 0.15) is 16.9 Å². The monoisotopic (exact) mass is 659 g/mol. The van der Waals surface area contributed by atoms with Crippen molar-refractivity contribution in [1.29, 1.82) is 0 Å². The summed E-state index contributed by atoms with van der Waals surface area (Å²) >= 11 is 0. The molecular weight excluding hydrogens is 610 g/mol. The highest BCUT2D eigenvalue weighted by molar-refractivity contribution is 7.93. The first-order valence-corrected chi connectivity index (χ1v) is 17.9. The molecule has 2 fully saturated rings. The number of H-pyrrole nitrogens is 1. The molecule has 1 heterocycles. The van der Waals surface area contributed by atoms with E-state index in [1.807, 2.05) is 0 Å². The van der Waals surface area contributed by atoms with E-state index in [2.05, 4.69) is 20.6 Å². The van der Waals surface area contributed by atoms with Crippen LogP contribution in [0.1, 0.15) is 76.5 Å². The first kappa shape index (κ1) is 35.6. The Bertz CT molecular complexity index is 1410. The lowest BCUT2D eigenvalue weighted by atomic mass is 9.82. The standard InChI is InChI=1S/C33H49N5O7S/c1-33(2,32(34)43)46(44,45)19-24(15-21-9-5-3-6-10-21)30(41)38-27(17-25-18-35-20-36-25)31(42)37-26(16-22-11-7-4-8-12-22)29(40)28(39)23-13-14-23/h3,5-6,9-10,18,20,22-24,26-29,39-40H,4,7-8,11-17,19H2,1-2H3,(H2,34,43)(H,35,36)(H,37,42)(H,38,41)/t24-,26-,27-,28-,29+/m0/s1. The zero-order valence-corrected chi connectivity index (χ0v) is 27.5. The van der Waals surface area contributed by atoms with Crippen molar-refractivity contribution in [2.45, 2.75) is 107 Å². The lowest BCUT2D eigenvalue weighted by molar-refractivity contribution is -0.132. The second-order valence-corrected chi connectivity index (χ2v) is 16.1. The second-order valence-electron chi connectivity index (χ2n) is 13.6. The Kier molecular flexibility index (Phi) is 12.0. The topological polar surface area (TPSA) is 205 Å². The van der Waals surface area contributed by atoms with Crippen LogP contribution in [0.4, 0.5) is 0 Å². The molecule has 0 bridgehead atoms. The summed E-state index contributed by atoms with van der Waals surface area (Å²) in [6, 6.07) is 6.99. The van der Waals surface area contributed by atoms with Crippen molar-refractivity contribution < 1.29 is 33.0 Å². The predicted octanol–water partition coefficient (Wildman–Crippen LogP) is 1.56. The van der Waals surface area contributed by atoms with Crippen molar-refractivity contribution >= 4 is 27.6 Å². The molecule has 2 aromatic rings. The molecule has 2 saturated carbocycles. The Balaban J connectivity index is 1.58. The molecule has 46 heavy (non-hydrogen) atoms. The number of carbonyl (C=O) groups is 3. The number of nitrogens with two attached hydrogens (primary N) is 1. The summed E-state index contributed by atoms with van der Waals surface area (Å²) in [5, 5.41) is 27.7. The molecule has 1 aromatic heterocycles. The van der Waals surface area contributed by atoms with E-state index in [1.54, 1.807) is 30.3 Å². The number of amides is 3. The van der Waals surface area contributed by atoms with Crippen LogP contribution in [-0.2, 0) is 37.1 Å². The van der Waals surface area contributed by atoms with E-state index in [0.29, 0.717) is 17.7 Å². The Hall–Kier alpha value is -3.29. The van der Waals surface area contributed by atoms with Crippen LogP contribution in [0.3, 0.4) is 0 Å². The minimum atomic E-state index is -4.20. The van der Waals surface area contributed by atoms with Gasteiger partial charge in [-0.1, -0.05) is 62.4 Å². The number of aliphatic hydroxyl groups excluding tert-OH is 2. The van der Waals surface area contributed by atoms with Crippen LogP contribution in [0, 0.1) is 17.8 Å². The number of primary amides is 1. The van der Waals surface area contributed by atoms with Crippen LogP contribution >= 0.6 is 0 Å². The molecule has 13 heteroatoms. The van der Waals surface area contributed by atoms with Crippen LogP contribution in [-0.4, -0.2) is 81.1 Å². The molecule has 4 rings (SSSR count). The molecule has 0 spiro atoms. The molecule has 5 atom stereocenters. The Morgan fingerprint density at radius 2 is 1.67 bits per heavy atom. The normalized spacial score (nSPS) is 19.4. The number of aromatic amines is 1. The molecule has 0 unspecified atom stereocenters. The smallest absolute Gasteiger partial charge is 0.243 e. The van der Waals surface area contributed by atoms with Crippen LogP contribution in [0.5, 0.6) is 0 Å². The average molecular weight is 660 g/mol. The minimum Gasteiger partial charge on any atom is -0.390 e. The van der Waals surface area contributed by atoms with Crippen LogP contribution in [0.2, 0.25) is 0 Å². The number of hydrogen-bond acceptors (Lipinski definition) is 8. The van der Waals surface area contributed by atoms with Crippen molar-refractivity contribution in [1.82, 2.24) is 20.6 Å². The molecule has 1 aromatic carbocycles. The third-order valence-electron chi connectivity index (χ3n) is 9.61. The molecule has 254 valence electrons. The van der Waals surface area contributed by atoms with Crippen molar-refractivity contribution in [3.8, 4) is 0 Å². The number of benzene rings is 1. The van der Waals surface area contributed by atoms with E-state index in [9.17, 15) is 33.0 Å². The highest BCUT2D eigenvalue weighted by Crippen LogP contribution is 2.36. The summed E-state index contributed by atoms with van der Waals surface area (Å²) in [5.41, 5.74) is 6.68. The minimum absolute atomic E-state index is 0.00778. The van der Waals surface area contributed by atoms with Gasteiger partial charge in [-0.25, -0.2) is 13.4 Å². The fraction of sp³-hybridized carbons (Fsp3) is 0.636. The SMILES string of the molecule is CC(C)(C(N)=O)S(=O)(=O)C[C@H](Cc1ccccc1)C(=O)N[C@@H](Cc1cnc[nH]1)C(=O)N[C@@H](CC1CCCCC1)[C@@H](O)[C@@H](O)C1CC1. The number of hydrogen-bond donors (Lipinski definition) is 6. The molecule has 3 amide bonds. The van der Waals surface area contributed by atoms with Crippen LogP contribution in [0.25, 0.3) is 0 Å². The summed E-state index contributed by atoms with van der Waals surface area (Å²) in [4.78, 5) is 46.9. The number of sulfone groups is 1. The zero-order chi connectivity index (χ0) is 33.5. The van der Waals surface area contributed by atoms with Gasteiger partial charge in [-0.2, -0.15) is 0 Å². The molecule has 2 aliphatic carbocycles. The second kappa shape index (κ2) is 15.5. The third-order valence-corrected chi connectivity index (χ3v) is 12.2. The molecule has 0 aliphatic heterocycles. The highest BCUT2D eigenvalue weighted by Gasteiger charge is 2.43. The van der Waals surface area contributed by atoms with Gasteiger partial charge in [-0.15, -0.1) is 0 Å². The van der Waals surface area contributed by atoms with E-state index in [-0.39, 0.29) is 24.7 Å². The number of carbonyl (C=O) groups excluding carboxylic acids is 3. The summed E-state index contributed by atoms with van der Waals surface area (Å²) in [7, 11) is -4.20. The maximum absolute atomic E-state index is 14.0. The van der Waals surface area contributed by atoms with E-state index >= 15 is 0 Å². The van der Waals surface area contributed by atoms with Crippen LogP contribution < -0.4 is 16.4 Å². The zero-order valence-electron chi connectivity index (χ0n) is 26.7. The van der Waals surface area contributed by atoms with Gasteiger partial charge in [0.15, 0.2) is 9.84 Å².